The van der Waals surface area contributed by atoms with Crippen molar-refractivity contribution >= 4 is 17.7 Å². The van der Waals surface area contributed by atoms with Gasteiger partial charge >= 0.3 is 6.09 Å². The molecule has 0 bridgehead atoms. The van der Waals surface area contributed by atoms with E-state index >= 15 is 0 Å². The first-order valence-electron chi connectivity index (χ1n) is 8.37. The summed E-state index contributed by atoms with van der Waals surface area (Å²) >= 11 is 6.00. The lowest BCUT2D eigenvalue weighted by Gasteiger charge is -2.37. The van der Waals surface area contributed by atoms with E-state index in [4.69, 9.17) is 11.6 Å². The number of amides is 1. The maximum Gasteiger partial charge on any atom is 0.407 e. The van der Waals surface area contributed by atoms with Crippen LogP contribution in [0.15, 0.2) is 48.7 Å². The Bertz CT molecular complexity index is 696. The zero-order valence-corrected chi connectivity index (χ0v) is 15.9. The molecule has 0 spiro atoms. The van der Waals surface area contributed by atoms with Crippen molar-refractivity contribution in [3.63, 3.8) is 0 Å². The zero-order chi connectivity index (χ0) is 18.6. The average molecular weight is 361 g/mol. The Balaban J connectivity index is 2.39. The van der Waals surface area contributed by atoms with Crippen LogP contribution in [0.5, 0.6) is 0 Å². The Morgan fingerprint density at radius 1 is 1.20 bits per heavy atom. The van der Waals surface area contributed by atoms with Crippen LogP contribution in [0.25, 0.3) is 0 Å². The molecule has 0 aliphatic rings. The van der Waals surface area contributed by atoms with Crippen LogP contribution in [-0.2, 0) is 0 Å². The maximum atomic E-state index is 11.8. The number of pyridine rings is 1. The predicted molar refractivity (Wildman–Crippen MR) is 101 cm³/mol. The van der Waals surface area contributed by atoms with Crippen LogP contribution in [-0.4, -0.2) is 33.2 Å². The van der Waals surface area contributed by atoms with Crippen molar-refractivity contribution in [3.05, 3.63) is 64.9 Å². The molecular formula is C20H25ClN2O2. The minimum absolute atomic E-state index is 0.0577. The first kappa shape index (κ1) is 19.3. The zero-order valence-electron chi connectivity index (χ0n) is 15.1. The van der Waals surface area contributed by atoms with E-state index < -0.39 is 11.6 Å². The molecule has 1 N–H and O–H groups in total. The van der Waals surface area contributed by atoms with E-state index in [0.29, 0.717) is 11.6 Å². The molecule has 2 unspecified atom stereocenters. The number of hydrogen-bond donors (Lipinski definition) is 1. The minimum Gasteiger partial charge on any atom is -0.465 e. The maximum absolute atomic E-state index is 11.8. The molecule has 4 nitrogen and oxygen atoms in total. The van der Waals surface area contributed by atoms with Crippen LogP contribution in [0, 0.1) is 0 Å². The summed E-state index contributed by atoms with van der Waals surface area (Å²) in [5.41, 5.74) is 1.51. The second-order valence-electron chi connectivity index (χ2n) is 7.27. The lowest BCUT2D eigenvalue weighted by atomic mass is 9.84. The van der Waals surface area contributed by atoms with Crippen LogP contribution in [0.1, 0.15) is 50.8 Å². The fourth-order valence-electron chi connectivity index (χ4n) is 2.94. The van der Waals surface area contributed by atoms with Crippen LogP contribution in [0.2, 0.25) is 5.02 Å². The second kappa shape index (κ2) is 7.87. The summed E-state index contributed by atoms with van der Waals surface area (Å²) in [6.07, 6.45) is 0.829. The molecule has 1 heterocycles. The van der Waals surface area contributed by atoms with Crippen molar-refractivity contribution in [1.29, 1.82) is 0 Å². The van der Waals surface area contributed by atoms with E-state index in [2.05, 4.69) is 11.9 Å². The lowest BCUT2D eigenvalue weighted by Crippen LogP contribution is -2.47. The summed E-state index contributed by atoms with van der Waals surface area (Å²) in [6.45, 7) is 8.20. The molecule has 0 aliphatic carbocycles. The van der Waals surface area contributed by atoms with Crippen LogP contribution in [0.3, 0.4) is 0 Å². The van der Waals surface area contributed by atoms with Crippen molar-refractivity contribution < 1.29 is 9.90 Å². The van der Waals surface area contributed by atoms with Gasteiger partial charge < -0.3 is 10.0 Å². The van der Waals surface area contributed by atoms with E-state index in [9.17, 15) is 9.90 Å². The molecule has 1 aromatic carbocycles. The Kier molecular flexibility index (Phi) is 6.07. The molecule has 2 rings (SSSR count). The van der Waals surface area contributed by atoms with E-state index in [0.717, 1.165) is 11.3 Å². The molecule has 0 saturated heterocycles. The third kappa shape index (κ3) is 4.95. The van der Waals surface area contributed by atoms with Gasteiger partial charge in [-0.05, 0) is 56.5 Å². The number of nitrogens with zero attached hydrogens (tertiary/aromatic N) is 2. The number of hydrogen-bond acceptors (Lipinski definition) is 2. The topological polar surface area (TPSA) is 53.4 Å². The first-order valence-corrected chi connectivity index (χ1v) is 8.75. The van der Waals surface area contributed by atoms with Crippen molar-refractivity contribution in [2.45, 2.75) is 45.1 Å². The molecule has 2 aromatic rings. The van der Waals surface area contributed by atoms with Gasteiger partial charge in [0, 0.05) is 34.9 Å². The molecule has 5 heteroatoms. The summed E-state index contributed by atoms with van der Waals surface area (Å²) in [5, 5.41) is 10.4. The Hall–Kier alpha value is -2.07. The average Bonchev–Trinajstić information content (AvgIpc) is 2.55. The monoisotopic (exact) mass is 360 g/mol. The van der Waals surface area contributed by atoms with Crippen molar-refractivity contribution in [2.24, 2.45) is 0 Å². The number of rotatable bonds is 5. The highest BCUT2D eigenvalue weighted by molar-refractivity contribution is 6.30. The third-order valence-electron chi connectivity index (χ3n) is 4.49. The smallest absolute Gasteiger partial charge is 0.407 e. The molecule has 0 radical (unpaired) electrons. The standard InChI is InChI=1S/C20H25ClN2O2/c1-14(15-8-10-16(21)11-9-15)17(18-7-5-6-12-22-18)13-23(19(24)25)20(2,3)4/h5-12,14,17H,13H2,1-4H3,(H,24,25). The van der Waals surface area contributed by atoms with Gasteiger partial charge in [0.15, 0.2) is 0 Å². The highest BCUT2D eigenvalue weighted by atomic mass is 35.5. The van der Waals surface area contributed by atoms with E-state index in [1.807, 2.05) is 63.2 Å². The van der Waals surface area contributed by atoms with Crippen LogP contribution >= 0.6 is 11.6 Å². The van der Waals surface area contributed by atoms with Gasteiger partial charge in [0.05, 0.1) is 0 Å². The number of carbonyl (C=O) groups is 1. The van der Waals surface area contributed by atoms with Gasteiger partial charge in [0.25, 0.3) is 0 Å². The van der Waals surface area contributed by atoms with E-state index in [1.165, 1.54) is 4.90 Å². The lowest BCUT2D eigenvalue weighted by molar-refractivity contribution is 0.0936. The Labute approximate surface area is 154 Å². The molecule has 25 heavy (non-hydrogen) atoms. The van der Waals surface area contributed by atoms with Crippen molar-refractivity contribution in [1.82, 2.24) is 9.88 Å². The highest BCUT2D eigenvalue weighted by Gasteiger charge is 2.32. The molecular weight excluding hydrogens is 336 g/mol. The molecule has 0 fully saturated rings. The fraction of sp³-hybridized carbons (Fsp3) is 0.400. The van der Waals surface area contributed by atoms with Crippen LogP contribution in [0.4, 0.5) is 4.79 Å². The summed E-state index contributed by atoms with van der Waals surface area (Å²) in [6, 6.07) is 13.5. The fourth-order valence-corrected chi connectivity index (χ4v) is 3.06. The normalized spacial score (nSPS) is 14.0. The molecule has 134 valence electrons. The number of halogens is 1. The molecule has 0 saturated carbocycles. The number of aromatic nitrogens is 1. The van der Waals surface area contributed by atoms with Gasteiger partial charge in [-0.3, -0.25) is 4.98 Å². The van der Waals surface area contributed by atoms with Crippen molar-refractivity contribution in [3.8, 4) is 0 Å². The van der Waals surface area contributed by atoms with Gasteiger partial charge in [-0.15, -0.1) is 0 Å². The van der Waals surface area contributed by atoms with E-state index in [1.54, 1.807) is 6.20 Å². The van der Waals surface area contributed by atoms with E-state index in [-0.39, 0.29) is 11.8 Å². The first-order chi connectivity index (χ1) is 11.7. The third-order valence-corrected chi connectivity index (χ3v) is 4.74. The minimum atomic E-state index is -0.920. The summed E-state index contributed by atoms with van der Waals surface area (Å²) < 4.78 is 0. The molecule has 1 amide bonds. The summed E-state index contributed by atoms with van der Waals surface area (Å²) in [7, 11) is 0. The van der Waals surface area contributed by atoms with Gasteiger partial charge in [-0.25, -0.2) is 4.79 Å². The predicted octanol–water partition coefficient (Wildman–Crippen LogP) is 5.40. The highest BCUT2D eigenvalue weighted by Crippen LogP contribution is 2.34. The Morgan fingerprint density at radius 3 is 2.32 bits per heavy atom. The molecule has 1 aromatic heterocycles. The van der Waals surface area contributed by atoms with Gasteiger partial charge in [-0.1, -0.05) is 36.7 Å². The van der Waals surface area contributed by atoms with Gasteiger partial charge in [0.2, 0.25) is 0 Å². The van der Waals surface area contributed by atoms with Crippen LogP contribution < -0.4 is 0 Å². The second-order valence-corrected chi connectivity index (χ2v) is 7.70. The van der Waals surface area contributed by atoms with Gasteiger partial charge in [0.1, 0.15) is 0 Å². The van der Waals surface area contributed by atoms with Gasteiger partial charge in [-0.2, -0.15) is 0 Å². The summed E-state index contributed by atoms with van der Waals surface area (Å²) in [5.74, 6) is 0.0362. The number of carboxylic acid groups (broad SMARTS) is 1. The quantitative estimate of drug-likeness (QED) is 0.776. The SMILES string of the molecule is CC(c1ccc(Cl)cc1)C(CN(C(=O)O)C(C)(C)C)c1ccccn1. The molecule has 0 aliphatic heterocycles. The number of benzene rings is 1. The Morgan fingerprint density at radius 2 is 1.84 bits per heavy atom. The largest absolute Gasteiger partial charge is 0.465 e. The molecule has 2 atom stereocenters. The van der Waals surface area contributed by atoms with Crippen molar-refractivity contribution in [2.75, 3.05) is 6.54 Å². The summed E-state index contributed by atoms with van der Waals surface area (Å²) in [4.78, 5) is 17.8.